The minimum absolute atomic E-state index is 0.123. The van der Waals surface area contributed by atoms with Gasteiger partial charge < -0.3 is 15.2 Å². The van der Waals surface area contributed by atoms with Gasteiger partial charge >= 0.3 is 0 Å². The standard InChI is InChI=1S/C16H29NO3/c1-12-9-13(2)11-14(10-12)15(19)17-16(3-6-18)4-7-20-8-5-16/h12-14,18H,3-11H2,1-2H3,(H,17,19). The number of nitrogens with one attached hydrogen (secondary N) is 1. The second-order valence-electron chi connectivity index (χ2n) is 6.97. The maximum atomic E-state index is 12.6. The fourth-order valence-electron chi connectivity index (χ4n) is 3.94. The molecule has 2 atom stereocenters. The quantitative estimate of drug-likeness (QED) is 0.831. The Hall–Kier alpha value is -0.610. The lowest BCUT2D eigenvalue weighted by Gasteiger charge is -2.40. The van der Waals surface area contributed by atoms with E-state index in [1.165, 1.54) is 6.42 Å². The molecule has 1 saturated carbocycles. The van der Waals surface area contributed by atoms with Crippen LogP contribution in [0.1, 0.15) is 52.4 Å². The van der Waals surface area contributed by atoms with Gasteiger partial charge in [0.1, 0.15) is 0 Å². The molecule has 4 heteroatoms. The number of hydrogen-bond acceptors (Lipinski definition) is 3. The number of carbonyl (C=O) groups excluding carboxylic acids is 1. The Bertz CT molecular complexity index is 310. The third kappa shape index (κ3) is 3.95. The summed E-state index contributed by atoms with van der Waals surface area (Å²) in [5, 5.41) is 12.6. The van der Waals surface area contributed by atoms with Crippen LogP contribution in [-0.4, -0.2) is 36.4 Å². The molecule has 1 aliphatic heterocycles. The minimum Gasteiger partial charge on any atom is -0.396 e. The van der Waals surface area contributed by atoms with Crippen LogP contribution in [0.5, 0.6) is 0 Å². The van der Waals surface area contributed by atoms with Crippen molar-refractivity contribution < 1.29 is 14.6 Å². The van der Waals surface area contributed by atoms with E-state index in [1.54, 1.807) is 0 Å². The Morgan fingerprint density at radius 2 is 1.80 bits per heavy atom. The molecular formula is C16H29NO3. The molecule has 2 N–H and O–H groups in total. The fourth-order valence-corrected chi connectivity index (χ4v) is 3.94. The lowest BCUT2D eigenvalue weighted by molar-refractivity contribution is -0.130. The zero-order valence-electron chi connectivity index (χ0n) is 12.9. The first-order valence-corrected chi connectivity index (χ1v) is 8.05. The van der Waals surface area contributed by atoms with E-state index in [2.05, 4.69) is 19.2 Å². The number of hydrogen-bond donors (Lipinski definition) is 2. The molecule has 1 heterocycles. The smallest absolute Gasteiger partial charge is 0.223 e. The molecule has 0 radical (unpaired) electrons. The Morgan fingerprint density at radius 1 is 1.20 bits per heavy atom. The molecule has 116 valence electrons. The number of carbonyl (C=O) groups is 1. The predicted molar refractivity (Wildman–Crippen MR) is 78.3 cm³/mol. The largest absolute Gasteiger partial charge is 0.396 e. The molecule has 1 saturated heterocycles. The van der Waals surface area contributed by atoms with Crippen LogP contribution < -0.4 is 5.32 Å². The first-order chi connectivity index (χ1) is 9.54. The van der Waals surface area contributed by atoms with Gasteiger partial charge in [-0.25, -0.2) is 0 Å². The summed E-state index contributed by atoms with van der Waals surface area (Å²) in [7, 11) is 0. The van der Waals surface area contributed by atoms with Gasteiger partial charge in [0.25, 0.3) is 0 Å². The van der Waals surface area contributed by atoms with Crippen LogP contribution in [0.25, 0.3) is 0 Å². The molecule has 0 aromatic heterocycles. The van der Waals surface area contributed by atoms with Gasteiger partial charge in [0.2, 0.25) is 5.91 Å². The summed E-state index contributed by atoms with van der Waals surface area (Å²) < 4.78 is 5.40. The van der Waals surface area contributed by atoms with Gasteiger partial charge in [0.15, 0.2) is 0 Å². The van der Waals surface area contributed by atoms with Crippen LogP contribution in [0.2, 0.25) is 0 Å². The van der Waals surface area contributed by atoms with Crippen molar-refractivity contribution in [2.75, 3.05) is 19.8 Å². The average molecular weight is 283 g/mol. The second-order valence-corrected chi connectivity index (χ2v) is 6.97. The molecule has 1 amide bonds. The Balaban J connectivity index is 1.97. The third-order valence-corrected chi connectivity index (χ3v) is 4.98. The molecule has 2 fully saturated rings. The minimum atomic E-state index is -0.242. The van der Waals surface area contributed by atoms with E-state index in [4.69, 9.17) is 4.74 Å². The molecule has 2 rings (SSSR count). The van der Waals surface area contributed by atoms with Crippen molar-refractivity contribution in [3.05, 3.63) is 0 Å². The van der Waals surface area contributed by atoms with E-state index in [0.29, 0.717) is 31.5 Å². The molecule has 20 heavy (non-hydrogen) atoms. The van der Waals surface area contributed by atoms with E-state index in [1.807, 2.05) is 0 Å². The maximum absolute atomic E-state index is 12.6. The van der Waals surface area contributed by atoms with Gasteiger partial charge in [-0.3, -0.25) is 4.79 Å². The van der Waals surface area contributed by atoms with Crippen LogP contribution >= 0.6 is 0 Å². The summed E-state index contributed by atoms with van der Waals surface area (Å²) in [6, 6.07) is 0. The van der Waals surface area contributed by atoms with E-state index < -0.39 is 0 Å². The van der Waals surface area contributed by atoms with E-state index >= 15 is 0 Å². The van der Waals surface area contributed by atoms with Crippen molar-refractivity contribution in [1.29, 1.82) is 0 Å². The number of aliphatic hydroxyl groups is 1. The Labute approximate surface area is 122 Å². The van der Waals surface area contributed by atoms with Crippen molar-refractivity contribution in [2.45, 2.75) is 57.9 Å². The molecule has 0 spiro atoms. The Morgan fingerprint density at radius 3 is 2.35 bits per heavy atom. The molecule has 4 nitrogen and oxygen atoms in total. The summed E-state index contributed by atoms with van der Waals surface area (Å²) >= 11 is 0. The predicted octanol–water partition coefficient (Wildman–Crippen LogP) is 2.11. The number of ether oxygens (including phenoxy) is 1. The number of aliphatic hydroxyl groups excluding tert-OH is 1. The molecule has 0 bridgehead atoms. The molecule has 2 aliphatic rings. The molecule has 2 unspecified atom stereocenters. The average Bonchev–Trinajstić information content (AvgIpc) is 2.38. The highest BCUT2D eigenvalue weighted by Gasteiger charge is 2.37. The Kier molecular flexibility index (Phi) is 5.44. The highest BCUT2D eigenvalue weighted by molar-refractivity contribution is 5.79. The van der Waals surface area contributed by atoms with Crippen molar-refractivity contribution in [2.24, 2.45) is 17.8 Å². The maximum Gasteiger partial charge on any atom is 0.223 e. The topological polar surface area (TPSA) is 58.6 Å². The van der Waals surface area contributed by atoms with Crippen molar-refractivity contribution in [1.82, 2.24) is 5.32 Å². The van der Waals surface area contributed by atoms with Gasteiger partial charge in [0.05, 0.1) is 0 Å². The first-order valence-electron chi connectivity index (χ1n) is 8.05. The van der Waals surface area contributed by atoms with Gasteiger partial charge in [-0.2, -0.15) is 0 Å². The molecule has 0 aromatic carbocycles. The highest BCUT2D eigenvalue weighted by atomic mass is 16.5. The summed E-state index contributed by atoms with van der Waals surface area (Å²) in [6.07, 6.45) is 5.51. The van der Waals surface area contributed by atoms with Crippen molar-refractivity contribution >= 4 is 5.91 Å². The van der Waals surface area contributed by atoms with Gasteiger partial charge in [-0.15, -0.1) is 0 Å². The van der Waals surface area contributed by atoms with Crippen molar-refractivity contribution in [3.8, 4) is 0 Å². The van der Waals surface area contributed by atoms with Gasteiger partial charge in [0, 0.05) is 31.3 Å². The number of rotatable bonds is 4. The SMILES string of the molecule is CC1CC(C)CC(C(=O)NC2(CCO)CCOCC2)C1. The summed E-state index contributed by atoms with van der Waals surface area (Å²) in [4.78, 5) is 12.6. The van der Waals surface area contributed by atoms with Crippen LogP contribution in [0.15, 0.2) is 0 Å². The van der Waals surface area contributed by atoms with Gasteiger partial charge in [-0.05, 0) is 50.4 Å². The molecular weight excluding hydrogens is 254 g/mol. The van der Waals surface area contributed by atoms with Crippen LogP contribution in [0, 0.1) is 17.8 Å². The molecule has 1 aliphatic carbocycles. The van der Waals surface area contributed by atoms with Gasteiger partial charge in [-0.1, -0.05) is 13.8 Å². The van der Waals surface area contributed by atoms with Crippen molar-refractivity contribution in [3.63, 3.8) is 0 Å². The second kappa shape index (κ2) is 6.90. The third-order valence-electron chi connectivity index (χ3n) is 4.98. The first kappa shape index (κ1) is 15.8. The fraction of sp³-hybridized carbons (Fsp3) is 0.938. The van der Waals surface area contributed by atoms with Crippen LogP contribution in [-0.2, 0) is 9.53 Å². The highest BCUT2D eigenvalue weighted by Crippen LogP contribution is 2.34. The van der Waals surface area contributed by atoms with E-state index in [0.717, 1.165) is 25.7 Å². The van der Waals surface area contributed by atoms with E-state index in [-0.39, 0.29) is 24.0 Å². The molecule has 0 aromatic rings. The monoisotopic (exact) mass is 283 g/mol. The number of amides is 1. The summed E-state index contributed by atoms with van der Waals surface area (Å²) in [5.74, 6) is 1.61. The zero-order valence-corrected chi connectivity index (χ0v) is 12.9. The lowest BCUT2D eigenvalue weighted by atomic mass is 9.75. The zero-order chi connectivity index (χ0) is 14.6. The summed E-state index contributed by atoms with van der Waals surface area (Å²) in [5.41, 5.74) is -0.242. The summed E-state index contributed by atoms with van der Waals surface area (Å²) in [6.45, 7) is 5.97. The van der Waals surface area contributed by atoms with Crippen LogP contribution in [0.3, 0.4) is 0 Å². The normalized spacial score (nSPS) is 33.6. The van der Waals surface area contributed by atoms with E-state index in [9.17, 15) is 9.90 Å². The van der Waals surface area contributed by atoms with Crippen LogP contribution in [0.4, 0.5) is 0 Å². The lowest BCUT2D eigenvalue weighted by Crippen LogP contribution is -2.54.